The van der Waals surface area contributed by atoms with Gasteiger partial charge in [0.2, 0.25) is 0 Å². The number of rotatable bonds is 4. The van der Waals surface area contributed by atoms with Crippen LogP contribution in [0.2, 0.25) is 0 Å². The summed E-state index contributed by atoms with van der Waals surface area (Å²) in [4.78, 5) is 15.9. The number of carbonyl (C=O) groups is 1. The van der Waals surface area contributed by atoms with Crippen molar-refractivity contribution in [3.63, 3.8) is 0 Å². The van der Waals surface area contributed by atoms with Gasteiger partial charge in [0.05, 0.1) is 11.3 Å². The summed E-state index contributed by atoms with van der Waals surface area (Å²) in [6, 6.07) is 8.29. The van der Waals surface area contributed by atoms with Crippen molar-refractivity contribution in [3.8, 4) is 16.6 Å². The van der Waals surface area contributed by atoms with Crippen LogP contribution in [0.3, 0.4) is 0 Å². The summed E-state index contributed by atoms with van der Waals surface area (Å²) in [6.07, 6.45) is 2.52. The molecule has 2 aromatic heterocycles. The first kappa shape index (κ1) is 15.9. The second kappa shape index (κ2) is 5.71. The molecule has 5 nitrogen and oxygen atoms in total. The van der Waals surface area contributed by atoms with E-state index in [9.17, 15) is 15.2 Å². The number of carboxylic acids is 1. The quantitative estimate of drug-likeness (QED) is 0.757. The molecule has 25 heavy (non-hydrogen) atoms. The molecule has 2 heterocycles. The number of nitriles is 1. The summed E-state index contributed by atoms with van der Waals surface area (Å²) in [5.74, 6) is -0.230. The normalized spacial score (nSPS) is 14.0. The molecular weight excluding hydrogens is 334 g/mol. The van der Waals surface area contributed by atoms with E-state index >= 15 is 0 Å². The lowest BCUT2D eigenvalue weighted by molar-refractivity contribution is 0.0701. The van der Waals surface area contributed by atoms with Gasteiger partial charge in [0.1, 0.15) is 16.0 Å². The fourth-order valence-corrected chi connectivity index (χ4v) is 4.17. The lowest BCUT2D eigenvalue weighted by Gasteiger charge is -2.07. The van der Waals surface area contributed by atoms with Crippen molar-refractivity contribution in [2.45, 2.75) is 33.2 Å². The van der Waals surface area contributed by atoms with E-state index in [0.29, 0.717) is 16.3 Å². The second-order valence-electron chi connectivity index (χ2n) is 6.60. The number of fused-ring (bicyclic) bond motifs is 1. The van der Waals surface area contributed by atoms with Crippen molar-refractivity contribution in [2.24, 2.45) is 5.92 Å². The van der Waals surface area contributed by atoms with Crippen LogP contribution in [0.4, 0.5) is 0 Å². The van der Waals surface area contributed by atoms with E-state index in [1.807, 2.05) is 25.1 Å². The van der Waals surface area contributed by atoms with Gasteiger partial charge in [-0.3, -0.25) is 0 Å². The molecule has 0 atom stereocenters. The van der Waals surface area contributed by atoms with Crippen LogP contribution >= 0.6 is 11.3 Å². The molecule has 0 aliphatic heterocycles. The maximum absolute atomic E-state index is 11.3. The molecule has 1 saturated carbocycles. The highest BCUT2D eigenvalue weighted by Crippen LogP contribution is 2.36. The first-order valence-corrected chi connectivity index (χ1v) is 9.05. The number of thiazole rings is 1. The minimum atomic E-state index is -0.952. The Bertz CT molecular complexity index is 1050. The third kappa shape index (κ3) is 2.61. The zero-order valence-electron chi connectivity index (χ0n) is 14.0. The molecule has 0 amide bonds. The van der Waals surface area contributed by atoms with Crippen LogP contribution in [-0.4, -0.2) is 20.6 Å². The lowest BCUT2D eigenvalue weighted by Crippen LogP contribution is -2.01. The Kier molecular flexibility index (Phi) is 3.62. The predicted molar refractivity (Wildman–Crippen MR) is 96.9 cm³/mol. The van der Waals surface area contributed by atoms with Crippen LogP contribution < -0.4 is 0 Å². The third-order valence-corrected chi connectivity index (χ3v) is 6.01. The van der Waals surface area contributed by atoms with Crippen LogP contribution in [0.5, 0.6) is 0 Å². The van der Waals surface area contributed by atoms with E-state index in [1.165, 1.54) is 24.2 Å². The molecule has 0 bridgehead atoms. The second-order valence-corrected chi connectivity index (χ2v) is 7.60. The van der Waals surface area contributed by atoms with Crippen LogP contribution in [0.1, 0.15) is 39.5 Å². The molecule has 3 aromatic rings. The van der Waals surface area contributed by atoms with Gasteiger partial charge < -0.3 is 9.67 Å². The Labute approximate surface area is 149 Å². The Morgan fingerprint density at radius 1 is 1.44 bits per heavy atom. The average Bonchev–Trinajstić information content (AvgIpc) is 3.26. The van der Waals surface area contributed by atoms with Crippen LogP contribution in [0.25, 0.3) is 21.5 Å². The molecular formula is C19H17N3O2S. The molecule has 1 N–H and O–H groups in total. The molecule has 1 fully saturated rings. The summed E-state index contributed by atoms with van der Waals surface area (Å²) < 4.78 is 2.24. The maximum atomic E-state index is 11.3. The zero-order chi connectivity index (χ0) is 17.7. The van der Waals surface area contributed by atoms with Gasteiger partial charge in [0.25, 0.3) is 0 Å². The van der Waals surface area contributed by atoms with Crippen molar-refractivity contribution in [2.75, 3.05) is 0 Å². The van der Waals surface area contributed by atoms with Gasteiger partial charge in [-0.15, -0.1) is 11.3 Å². The Balaban J connectivity index is 1.86. The summed E-state index contributed by atoms with van der Waals surface area (Å²) >= 11 is 1.17. The van der Waals surface area contributed by atoms with E-state index in [2.05, 4.69) is 15.6 Å². The SMILES string of the molecule is Cc1nc(-c2ccc3c(c2)c(C#N)c(C)n3CC2CC2)sc1C(=O)O. The number of benzene rings is 1. The van der Waals surface area contributed by atoms with Crippen LogP contribution in [0.15, 0.2) is 18.2 Å². The van der Waals surface area contributed by atoms with E-state index in [1.54, 1.807) is 6.92 Å². The van der Waals surface area contributed by atoms with Gasteiger partial charge in [0, 0.05) is 28.7 Å². The Morgan fingerprint density at radius 2 is 2.20 bits per heavy atom. The molecule has 1 aromatic carbocycles. The van der Waals surface area contributed by atoms with Crippen LogP contribution in [-0.2, 0) is 6.54 Å². The van der Waals surface area contributed by atoms with Gasteiger partial charge in [0.15, 0.2) is 0 Å². The van der Waals surface area contributed by atoms with Gasteiger partial charge in [-0.05, 0) is 50.8 Å². The minimum absolute atomic E-state index is 0.262. The number of hydrogen-bond donors (Lipinski definition) is 1. The highest BCUT2D eigenvalue weighted by atomic mass is 32.1. The molecule has 0 saturated heterocycles. The van der Waals surface area contributed by atoms with E-state index in [0.717, 1.165) is 34.6 Å². The van der Waals surface area contributed by atoms with Crippen molar-refractivity contribution >= 4 is 28.2 Å². The molecule has 0 unspecified atom stereocenters. The molecule has 1 aliphatic carbocycles. The first-order valence-electron chi connectivity index (χ1n) is 8.23. The highest BCUT2D eigenvalue weighted by Gasteiger charge is 2.25. The van der Waals surface area contributed by atoms with Crippen molar-refractivity contribution in [1.82, 2.24) is 9.55 Å². The highest BCUT2D eigenvalue weighted by molar-refractivity contribution is 7.17. The third-order valence-electron chi connectivity index (χ3n) is 4.81. The molecule has 6 heteroatoms. The number of aryl methyl sites for hydroxylation is 1. The Hall–Kier alpha value is -2.65. The first-order chi connectivity index (χ1) is 12.0. The molecule has 126 valence electrons. The summed E-state index contributed by atoms with van der Waals surface area (Å²) in [5, 5.41) is 20.4. The standard InChI is InChI=1S/C19H17N3O2S/c1-10-17(19(23)24)25-18(21-10)13-5-6-16-14(7-13)15(8-20)11(2)22(16)9-12-3-4-12/h5-7,12H,3-4,9H2,1-2H3,(H,23,24). The summed E-state index contributed by atoms with van der Waals surface area (Å²) in [7, 11) is 0. The van der Waals surface area contributed by atoms with E-state index in [4.69, 9.17) is 0 Å². The van der Waals surface area contributed by atoms with Gasteiger partial charge in [-0.1, -0.05) is 0 Å². The fraction of sp³-hybridized carbons (Fsp3) is 0.316. The number of hydrogen-bond acceptors (Lipinski definition) is 4. The van der Waals surface area contributed by atoms with E-state index in [-0.39, 0.29) is 4.88 Å². The Morgan fingerprint density at radius 3 is 2.80 bits per heavy atom. The topological polar surface area (TPSA) is 78.9 Å². The molecule has 0 radical (unpaired) electrons. The average molecular weight is 351 g/mol. The maximum Gasteiger partial charge on any atom is 0.347 e. The smallest absolute Gasteiger partial charge is 0.347 e. The monoisotopic (exact) mass is 351 g/mol. The van der Waals surface area contributed by atoms with Crippen molar-refractivity contribution in [3.05, 3.63) is 40.0 Å². The molecule has 4 rings (SSSR count). The largest absolute Gasteiger partial charge is 0.477 e. The minimum Gasteiger partial charge on any atom is -0.477 e. The number of aromatic carboxylic acids is 1. The molecule has 1 aliphatic rings. The van der Waals surface area contributed by atoms with Gasteiger partial charge in [-0.2, -0.15) is 5.26 Å². The van der Waals surface area contributed by atoms with Crippen molar-refractivity contribution in [1.29, 1.82) is 5.26 Å². The summed E-state index contributed by atoms with van der Waals surface area (Å²) in [6.45, 7) is 4.67. The van der Waals surface area contributed by atoms with Crippen molar-refractivity contribution < 1.29 is 9.90 Å². The number of nitrogens with zero attached hydrogens (tertiary/aromatic N) is 3. The predicted octanol–water partition coefficient (Wildman–Crippen LogP) is 4.36. The number of carboxylic acid groups (broad SMARTS) is 1. The zero-order valence-corrected chi connectivity index (χ0v) is 14.9. The summed E-state index contributed by atoms with van der Waals surface area (Å²) in [5.41, 5.74) is 4.15. The lowest BCUT2D eigenvalue weighted by atomic mass is 10.1. The van der Waals surface area contributed by atoms with Gasteiger partial charge in [-0.25, -0.2) is 9.78 Å². The van der Waals surface area contributed by atoms with Crippen LogP contribution in [0, 0.1) is 31.1 Å². The molecule has 0 spiro atoms. The fourth-order valence-electron chi connectivity index (χ4n) is 3.27. The number of aromatic nitrogens is 2. The van der Waals surface area contributed by atoms with Gasteiger partial charge >= 0.3 is 5.97 Å². The van der Waals surface area contributed by atoms with E-state index < -0.39 is 5.97 Å².